The monoisotopic (exact) mass is 248 g/mol. The van der Waals surface area contributed by atoms with Gasteiger partial charge in [0.1, 0.15) is 0 Å². The van der Waals surface area contributed by atoms with E-state index in [1.807, 2.05) is 0 Å². The lowest BCUT2D eigenvalue weighted by Gasteiger charge is -2.05. The maximum absolute atomic E-state index is 11.6. The van der Waals surface area contributed by atoms with Crippen molar-refractivity contribution >= 4 is 18.5 Å². The van der Waals surface area contributed by atoms with Gasteiger partial charge in [-0.25, -0.2) is 4.79 Å². The van der Waals surface area contributed by atoms with Gasteiger partial charge in [-0.2, -0.15) is 0 Å². The molecule has 0 aromatic heterocycles. The molecule has 0 heterocycles. The fourth-order valence-corrected chi connectivity index (χ4v) is 1.51. The molecule has 0 saturated heterocycles. The zero-order valence-electron chi connectivity index (χ0n) is 10.3. The molecule has 4 heteroatoms. The fourth-order valence-electron chi connectivity index (χ4n) is 1.51. The average molecular weight is 248 g/mol. The second kappa shape index (κ2) is 7.37. The summed E-state index contributed by atoms with van der Waals surface area (Å²) in [5.41, 5.74) is 0.764. The van der Waals surface area contributed by atoms with Gasteiger partial charge in [0, 0.05) is 11.1 Å². The number of hydrogen-bond donors (Lipinski definition) is 0. The normalized spacial score (nSPS) is 9.83. The van der Waals surface area contributed by atoms with Gasteiger partial charge in [0.25, 0.3) is 0 Å². The molecule has 0 radical (unpaired) electrons. The molecular formula is C14H16O4. The smallest absolute Gasteiger partial charge is 0.338 e. The van der Waals surface area contributed by atoms with Gasteiger partial charge in [-0.3, -0.25) is 9.59 Å². The van der Waals surface area contributed by atoms with Crippen molar-refractivity contribution in [3.63, 3.8) is 0 Å². The summed E-state index contributed by atoms with van der Waals surface area (Å²) < 4.78 is 5.06. The van der Waals surface area contributed by atoms with Gasteiger partial charge in [-0.05, 0) is 18.6 Å². The first-order chi connectivity index (χ1) is 8.72. The number of hydrogen-bond acceptors (Lipinski definition) is 4. The molecule has 1 rings (SSSR count). The van der Waals surface area contributed by atoms with Gasteiger partial charge in [-0.15, -0.1) is 0 Å². The molecule has 96 valence electrons. The summed E-state index contributed by atoms with van der Waals surface area (Å²) in [5, 5.41) is 0. The second-order valence-electron chi connectivity index (χ2n) is 3.92. The Morgan fingerprint density at radius 1 is 1.17 bits per heavy atom. The van der Waals surface area contributed by atoms with Crippen molar-refractivity contribution in [2.24, 2.45) is 0 Å². The molecular weight excluding hydrogens is 232 g/mol. The Morgan fingerprint density at radius 2 is 1.89 bits per heavy atom. The summed E-state index contributed by atoms with van der Waals surface area (Å²) in [4.78, 5) is 33.0. The molecule has 18 heavy (non-hydrogen) atoms. The van der Waals surface area contributed by atoms with E-state index < -0.39 is 5.97 Å². The molecule has 0 aliphatic rings. The lowest BCUT2D eigenvalue weighted by molar-refractivity contribution is 0.0498. The zero-order chi connectivity index (χ0) is 13.4. The van der Waals surface area contributed by atoms with Crippen LogP contribution in [-0.2, 0) is 4.74 Å². The lowest BCUT2D eigenvalue weighted by Crippen LogP contribution is -2.07. The third kappa shape index (κ3) is 3.80. The summed E-state index contributed by atoms with van der Waals surface area (Å²) in [6, 6.07) is 4.30. The highest BCUT2D eigenvalue weighted by atomic mass is 16.5. The standard InChI is InChI=1S/C14H16O4/c1-2-3-4-7-18-14(17)11-5-6-12(9-15)13(8-11)10-16/h5-6,8-10H,2-4,7H2,1H3. The maximum Gasteiger partial charge on any atom is 0.338 e. The molecule has 0 fully saturated rings. The van der Waals surface area contributed by atoms with Crippen LogP contribution in [0.3, 0.4) is 0 Å². The summed E-state index contributed by atoms with van der Waals surface area (Å²) in [6.07, 6.45) is 4.03. The Bertz CT molecular complexity index is 437. The Balaban J connectivity index is 2.68. The molecule has 0 spiro atoms. The summed E-state index contributed by atoms with van der Waals surface area (Å²) in [5.74, 6) is -0.466. The van der Waals surface area contributed by atoms with Gasteiger partial charge in [0.05, 0.1) is 12.2 Å². The summed E-state index contributed by atoms with van der Waals surface area (Å²) in [6.45, 7) is 2.44. The van der Waals surface area contributed by atoms with Crippen LogP contribution >= 0.6 is 0 Å². The Hall–Kier alpha value is -1.97. The van der Waals surface area contributed by atoms with Gasteiger partial charge in [0.2, 0.25) is 0 Å². The van der Waals surface area contributed by atoms with Gasteiger partial charge >= 0.3 is 5.97 Å². The van der Waals surface area contributed by atoms with E-state index in [4.69, 9.17) is 4.74 Å². The Morgan fingerprint density at radius 3 is 2.50 bits per heavy atom. The largest absolute Gasteiger partial charge is 0.462 e. The minimum atomic E-state index is -0.466. The molecule has 0 aliphatic heterocycles. The van der Waals surface area contributed by atoms with Crippen LogP contribution in [0.25, 0.3) is 0 Å². The molecule has 0 saturated carbocycles. The first kappa shape index (κ1) is 14.1. The Kier molecular flexibility index (Phi) is 5.77. The minimum absolute atomic E-state index is 0.202. The SMILES string of the molecule is CCCCCOC(=O)c1ccc(C=O)c(C=O)c1. The molecule has 0 N–H and O–H groups in total. The van der Waals surface area contributed by atoms with Crippen LogP contribution in [0.2, 0.25) is 0 Å². The van der Waals surface area contributed by atoms with Crippen LogP contribution in [0.1, 0.15) is 57.3 Å². The number of ether oxygens (including phenoxy) is 1. The predicted octanol–water partition coefficient (Wildman–Crippen LogP) is 2.66. The molecule has 0 aliphatic carbocycles. The quantitative estimate of drug-likeness (QED) is 0.423. The van der Waals surface area contributed by atoms with E-state index >= 15 is 0 Å². The van der Waals surface area contributed by atoms with E-state index in [0.717, 1.165) is 19.3 Å². The molecule has 0 unspecified atom stereocenters. The van der Waals surface area contributed by atoms with E-state index in [0.29, 0.717) is 24.7 Å². The highest BCUT2D eigenvalue weighted by Crippen LogP contribution is 2.10. The molecule has 1 aromatic carbocycles. The number of rotatable bonds is 7. The first-order valence-corrected chi connectivity index (χ1v) is 5.94. The van der Waals surface area contributed by atoms with E-state index in [9.17, 15) is 14.4 Å². The molecule has 4 nitrogen and oxygen atoms in total. The summed E-state index contributed by atoms with van der Waals surface area (Å²) >= 11 is 0. The zero-order valence-corrected chi connectivity index (χ0v) is 10.3. The van der Waals surface area contributed by atoms with Crippen LogP contribution in [0.4, 0.5) is 0 Å². The third-order valence-electron chi connectivity index (χ3n) is 2.56. The number of unbranched alkanes of at least 4 members (excludes halogenated alkanes) is 2. The molecule has 0 amide bonds. The van der Waals surface area contributed by atoms with Crippen molar-refractivity contribution < 1.29 is 19.1 Å². The summed E-state index contributed by atoms with van der Waals surface area (Å²) in [7, 11) is 0. The number of esters is 1. The van der Waals surface area contributed by atoms with Crippen LogP contribution in [-0.4, -0.2) is 25.1 Å². The van der Waals surface area contributed by atoms with Crippen molar-refractivity contribution in [2.75, 3.05) is 6.61 Å². The molecule has 1 aromatic rings. The highest BCUT2D eigenvalue weighted by Gasteiger charge is 2.10. The minimum Gasteiger partial charge on any atom is -0.462 e. The van der Waals surface area contributed by atoms with Crippen molar-refractivity contribution in [3.05, 3.63) is 34.9 Å². The van der Waals surface area contributed by atoms with Crippen molar-refractivity contribution in [2.45, 2.75) is 26.2 Å². The first-order valence-electron chi connectivity index (χ1n) is 5.94. The number of aldehydes is 2. The average Bonchev–Trinajstić information content (AvgIpc) is 2.42. The topological polar surface area (TPSA) is 60.4 Å². The van der Waals surface area contributed by atoms with E-state index in [1.165, 1.54) is 18.2 Å². The van der Waals surface area contributed by atoms with Gasteiger partial charge in [0.15, 0.2) is 12.6 Å². The van der Waals surface area contributed by atoms with Crippen molar-refractivity contribution in [3.8, 4) is 0 Å². The van der Waals surface area contributed by atoms with Crippen molar-refractivity contribution in [1.29, 1.82) is 0 Å². The maximum atomic E-state index is 11.6. The highest BCUT2D eigenvalue weighted by molar-refractivity contribution is 5.96. The number of carbonyl (C=O) groups is 3. The van der Waals surface area contributed by atoms with Gasteiger partial charge in [-0.1, -0.05) is 25.8 Å². The van der Waals surface area contributed by atoms with Crippen molar-refractivity contribution in [1.82, 2.24) is 0 Å². The molecule has 0 bridgehead atoms. The van der Waals surface area contributed by atoms with Gasteiger partial charge < -0.3 is 4.74 Å². The lowest BCUT2D eigenvalue weighted by atomic mass is 10.1. The van der Waals surface area contributed by atoms with E-state index in [-0.39, 0.29) is 11.1 Å². The number of benzene rings is 1. The Labute approximate surface area is 106 Å². The van der Waals surface area contributed by atoms with Crippen LogP contribution in [0, 0.1) is 0 Å². The van der Waals surface area contributed by atoms with Crippen LogP contribution in [0.15, 0.2) is 18.2 Å². The fraction of sp³-hybridized carbons (Fsp3) is 0.357. The second-order valence-corrected chi connectivity index (χ2v) is 3.92. The van der Waals surface area contributed by atoms with E-state index in [1.54, 1.807) is 0 Å². The van der Waals surface area contributed by atoms with Crippen LogP contribution in [0.5, 0.6) is 0 Å². The van der Waals surface area contributed by atoms with Crippen LogP contribution < -0.4 is 0 Å². The number of carbonyl (C=O) groups excluding carboxylic acids is 3. The third-order valence-corrected chi connectivity index (χ3v) is 2.56. The van der Waals surface area contributed by atoms with E-state index in [2.05, 4.69) is 6.92 Å². The molecule has 0 atom stereocenters. The predicted molar refractivity (Wildman–Crippen MR) is 67.0 cm³/mol.